The van der Waals surface area contributed by atoms with Crippen LogP contribution in [0.3, 0.4) is 0 Å². The summed E-state index contributed by atoms with van der Waals surface area (Å²) in [6.45, 7) is 0. The van der Waals surface area contributed by atoms with E-state index in [9.17, 15) is 10.1 Å². The largest absolute Gasteiger partial charge is 0.434 e. The number of nitrogens with one attached hydrogen (secondary N) is 1. The summed E-state index contributed by atoms with van der Waals surface area (Å²) in [5.74, 6) is 0.579. The molecule has 1 N–H and O–H groups in total. The van der Waals surface area contributed by atoms with E-state index in [4.69, 9.17) is 16.3 Å². The van der Waals surface area contributed by atoms with Gasteiger partial charge in [0, 0.05) is 6.20 Å². The molecule has 0 spiro atoms. The van der Waals surface area contributed by atoms with Gasteiger partial charge in [0.05, 0.1) is 9.95 Å². The van der Waals surface area contributed by atoms with E-state index in [1.807, 2.05) is 0 Å². The third-order valence-electron chi connectivity index (χ3n) is 2.90. The summed E-state index contributed by atoms with van der Waals surface area (Å²) < 4.78 is 5.49. The molecule has 0 unspecified atom stereocenters. The Morgan fingerprint density at radius 2 is 1.88 bits per heavy atom. The molecule has 8 nitrogen and oxygen atoms in total. The third kappa shape index (κ3) is 3.55. The Balaban J connectivity index is 1.96. The first kappa shape index (κ1) is 15.6. The highest BCUT2D eigenvalue weighted by atomic mass is 35.5. The number of nitrogens with zero attached hydrogens (tertiary/aromatic N) is 4. The molecule has 120 valence electrons. The molecule has 0 saturated carbocycles. The number of anilines is 2. The van der Waals surface area contributed by atoms with Crippen LogP contribution in [0.4, 0.5) is 17.3 Å². The number of hydrogen-bond donors (Lipinski definition) is 1. The summed E-state index contributed by atoms with van der Waals surface area (Å²) in [4.78, 5) is 22.6. The first-order chi connectivity index (χ1) is 11.6. The smallest absolute Gasteiger partial charge is 0.373 e. The maximum atomic E-state index is 11.4. The molecule has 0 amide bonds. The average Bonchev–Trinajstić information content (AvgIpc) is 2.58. The maximum absolute atomic E-state index is 11.4. The molecule has 0 aliphatic carbocycles. The van der Waals surface area contributed by atoms with Crippen LogP contribution in [0.1, 0.15) is 0 Å². The second-order valence-electron chi connectivity index (χ2n) is 4.53. The number of ether oxygens (including phenoxy) is 1. The summed E-state index contributed by atoms with van der Waals surface area (Å²) in [7, 11) is 0. The van der Waals surface area contributed by atoms with Crippen LogP contribution < -0.4 is 10.1 Å². The van der Waals surface area contributed by atoms with Crippen LogP contribution in [0.25, 0.3) is 0 Å². The number of hydrogen-bond acceptors (Lipinski definition) is 7. The van der Waals surface area contributed by atoms with Crippen LogP contribution in [0.5, 0.6) is 11.6 Å². The van der Waals surface area contributed by atoms with E-state index in [1.54, 1.807) is 42.5 Å². The molecule has 3 aromatic rings. The minimum atomic E-state index is -0.615. The highest BCUT2D eigenvalue weighted by Gasteiger charge is 2.25. The van der Waals surface area contributed by atoms with Gasteiger partial charge in [-0.3, -0.25) is 10.1 Å². The van der Waals surface area contributed by atoms with E-state index in [2.05, 4.69) is 20.3 Å². The molecule has 1 aromatic carbocycles. The monoisotopic (exact) mass is 343 g/mol. The first-order valence-electron chi connectivity index (χ1n) is 6.74. The molecule has 0 atom stereocenters. The number of rotatable bonds is 5. The zero-order valence-electron chi connectivity index (χ0n) is 12.1. The second-order valence-corrected chi connectivity index (χ2v) is 4.97. The van der Waals surface area contributed by atoms with Gasteiger partial charge in [-0.2, -0.15) is 4.98 Å². The Hall–Kier alpha value is -3.26. The topological polar surface area (TPSA) is 103 Å². The summed E-state index contributed by atoms with van der Waals surface area (Å²) in [6.07, 6.45) is 2.59. The van der Waals surface area contributed by atoms with Gasteiger partial charge in [0.1, 0.15) is 17.9 Å². The maximum Gasteiger partial charge on any atom is 0.373 e. The number of nitro groups is 1. The molecule has 0 fully saturated rings. The Morgan fingerprint density at radius 3 is 2.54 bits per heavy atom. The predicted octanol–water partition coefficient (Wildman–Crippen LogP) is 3.97. The first-order valence-corrected chi connectivity index (χ1v) is 7.12. The van der Waals surface area contributed by atoms with Gasteiger partial charge in [-0.05, 0) is 24.3 Å². The van der Waals surface area contributed by atoms with Crippen LogP contribution >= 0.6 is 11.6 Å². The van der Waals surface area contributed by atoms with Crippen molar-refractivity contribution in [2.75, 3.05) is 5.32 Å². The van der Waals surface area contributed by atoms with E-state index < -0.39 is 10.6 Å². The Kier molecular flexibility index (Phi) is 4.48. The third-order valence-corrected chi connectivity index (χ3v) is 3.13. The van der Waals surface area contributed by atoms with Gasteiger partial charge < -0.3 is 10.1 Å². The highest BCUT2D eigenvalue weighted by molar-refractivity contribution is 6.30. The number of aromatic nitrogens is 3. The summed E-state index contributed by atoms with van der Waals surface area (Å²) in [5.41, 5.74) is -0.391. The van der Waals surface area contributed by atoms with Crippen LogP contribution in [-0.2, 0) is 0 Å². The standard InChI is InChI=1S/C15H10ClN5O3/c16-10-6-7-12(17-8-10)20-14-13(21(22)23)15(19-9-18-14)24-11-4-2-1-3-5-11/h1-9H,(H,17,18,19,20). The quantitative estimate of drug-likeness (QED) is 0.552. The zero-order chi connectivity index (χ0) is 16.9. The van der Waals surface area contributed by atoms with Gasteiger partial charge in [-0.15, -0.1) is 0 Å². The molecule has 0 aliphatic rings. The minimum Gasteiger partial charge on any atom is -0.434 e. The highest BCUT2D eigenvalue weighted by Crippen LogP contribution is 2.35. The van der Waals surface area contributed by atoms with Gasteiger partial charge in [0.2, 0.25) is 5.82 Å². The van der Waals surface area contributed by atoms with Gasteiger partial charge >= 0.3 is 11.6 Å². The second kappa shape index (κ2) is 6.88. The minimum absolute atomic E-state index is 0.0317. The molecule has 0 bridgehead atoms. The molecular weight excluding hydrogens is 334 g/mol. The van der Waals surface area contributed by atoms with Gasteiger partial charge in [-0.25, -0.2) is 9.97 Å². The van der Waals surface area contributed by atoms with Crippen LogP contribution in [0.15, 0.2) is 55.0 Å². The summed E-state index contributed by atoms with van der Waals surface area (Å²) >= 11 is 5.77. The van der Waals surface area contributed by atoms with Gasteiger partial charge in [0.25, 0.3) is 0 Å². The lowest BCUT2D eigenvalue weighted by molar-refractivity contribution is -0.385. The predicted molar refractivity (Wildman–Crippen MR) is 87.7 cm³/mol. The molecule has 0 aliphatic heterocycles. The van der Waals surface area contributed by atoms with Crippen molar-refractivity contribution in [1.82, 2.24) is 15.0 Å². The van der Waals surface area contributed by atoms with Crippen molar-refractivity contribution in [2.45, 2.75) is 0 Å². The van der Waals surface area contributed by atoms with Gasteiger partial charge in [-0.1, -0.05) is 29.8 Å². The van der Waals surface area contributed by atoms with Crippen molar-refractivity contribution in [3.8, 4) is 11.6 Å². The average molecular weight is 344 g/mol. The number of pyridine rings is 1. The van der Waals surface area contributed by atoms with Crippen LogP contribution in [0.2, 0.25) is 5.02 Å². The number of para-hydroxylation sites is 1. The molecular formula is C15H10ClN5O3. The van der Waals surface area contributed by atoms with E-state index in [0.717, 1.165) is 0 Å². The van der Waals surface area contributed by atoms with Crippen molar-refractivity contribution in [2.24, 2.45) is 0 Å². The van der Waals surface area contributed by atoms with E-state index in [-0.39, 0.29) is 11.7 Å². The van der Waals surface area contributed by atoms with Crippen LogP contribution in [0, 0.1) is 10.1 Å². The molecule has 2 aromatic heterocycles. The number of halogens is 1. The Bertz CT molecular complexity index is 859. The Morgan fingerprint density at radius 1 is 1.08 bits per heavy atom. The zero-order valence-corrected chi connectivity index (χ0v) is 12.8. The normalized spacial score (nSPS) is 10.2. The van der Waals surface area contributed by atoms with Crippen molar-refractivity contribution < 1.29 is 9.66 Å². The SMILES string of the molecule is O=[N+]([O-])c1c(Nc2ccc(Cl)cn2)ncnc1Oc1ccccc1. The lowest BCUT2D eigenvalue weighted by atomic mass is 10.3. The summed E-state index contributed by atoms with van der Waals surface area (Å²) in [5, 5.41) is 14.7. The van der Waals surface area contributed by atoms with Crippen molar-refractivity contribution in [3.63, 3.8) is 0 Å². The van der Waals surface area contributed by atoms with E-state index in [1.165, 1.54) is 12.5 Å². The fourth-order valence-corrected chi connectivity index (χ4v) is 1.98. The molecule has 9 heteroatoms. The molecule has 2 heterocycles. The van der Waals surface area contributed by atoms with Crippen molar-refractivity contribution in [3.05, 3.63) is 70.1 Å². The molecule has 3 rings (SSSR count). The lowest BCUT2D eigenvalue weighted by Gasteiger charge is -2.08. The molecule has 0 saturated heterocycles. The Labute approximate surface area is 141 Å². The fraction of sp³-hybridized carbons (Fsp3) is 0. The lowest BCUT2D eigenvalue weighted by Crippen LogP contribution is -2.04. The fourth-order valence-electron chi connectivity index (χ4n) is 1.86. The molecule has 0 radical (unpaired) electrons. The summed E-state index contributed by atoms with van der Waals surface area (Å²) in [6, 6.07) is 11.8. The molecule has 24 heavy (non-hydrogen) atoms. The van der Waals surface area contributed by atoms with E-state index >= 15 is 0 Å². The van der Waals surface area contributed by atoms with Crippen LogP contribution in [-0.4, -0.2) is 19.9 Å². The number of benzene rings is 1. The van der Waals surface area contributed by atoms with Crippen molar-refractivity contribution in [1.29, 1.82) is 0 Å². The van der Waals surface area contributed by atoms with Gasteiger partial charge in [0.15, 0.2) is 0 Å². The van der Waals surface area contributed by atoms with E-state index in [0.29, 0.717) is 16.6 Å². The van der Waals surface area contributed by atoms with Crippen molar-refractivity contribution >= 4 is 28.9 Å².